The van der Waals surface area contributed by atoms with Crippen LogP contribution >= 0.6 is 11.8 Å². The van der Waals surface area contributed by atoms with E-state index < -0.39 is 31.2 Å². The molecule has 11 nitrogen and oxygen atoms in total. The van der Waals surface area contributed by atoms with Crippen molar-refractivity contribution in [3.8, 4) is 0 Å². The van der Waals surface area contributed by atoms with E-state index in [1.165, 1.54) is 40.6 Å². The lowest BCUT2D eigenvalue weighted by molar-refractivity contribution is -0.168. The van der Waals surface area contributed by atoms with Crippen molar-refractivity contribution in [2.24, 2.45) is 5.92 Å². The number of carbonyl (C=O) groups is 4. The molecule has 13 heteroatoms. The first-order valence-electron chi connectivity index (χ1n) is 12.3. The fraction of sp³-hybridized carbons (Fsp3) is 0.600. The van der Waals surface area contributed by atoms with E-state index in [-0.39, 0.29) is 61.3 Å². The first kappa shape index (κ1) is 29.5. The number of thioether (sulfide) groups is 1. The molecule has 0 aromatic heterocycles. The molecule has 2 amide bonds. The highest BCUT2D eigenvalue weighted by Crippen LogP contribution is 2.49. The number of rotatable bonds is 13. The molecule has 2 fully saturated rings. The highest BCUT2D eigenvalue weighted by atomic mass is 32.2. The number of amides is 2. The van der Waals surface area contributed by atoms with Crippen molar-refractivity contribution < 1.29 is 47.3 Å². The summed E-state index contributed by atoms with van der Waals surface area (Å²) in [5.74, 6) is -1.15. The van der Waals surface area contributed by atoms with Crippen LogP contribution in [0.5, 0.6) is 0 Å². The van der Waals surface area contributed by atoms with Crippen molar-refractivity contribution >= 4 is 35.9 Å². The lowest BCUT2D eigenvalue weighted by Gasteiger charge is -2.37. The molecule has 3 heterocycles. The number of likely N-dealkylation sites (tertiary alicyclic amines) is 1. The molecule has 0 aromatic carbocycles. The van der Waals surface area contributed by atoms with Gasteiger partial charge in [0.15, 0.2) is 0 Å². The second kappa shape index (κ2) is 13.7. The second-order valence-electron chi connectivity index (χ2n) is 8.89. The number of β-lactam (4-membered cyclic amide) rings is 1. The minimum Gasteiger partial charge on any atom is -0.445 e. The molecular weight excluding hydrogens is 523 g/mol. The molecule has 0 aromatic rings. The minimum atomic E-state index is -1.26. The summed E-state index contributed by atoms with van der Waals surface area (Å²) in [6, 6.07) is -0.530. The van der Waals surface area contributed by atoms with Gasteiger partial charge in [-0.1, -0.05) is 32.2 Å². The summed E-state index contributed by atoms with van der Waals surface area (Å²) < 4.78 is 38.1. The van der Waals surface area contributed by atoms with Gasteiger partial charge in [0, 0.05) is 36.0 Å². The highest BCUT2D eigenvalue weighted by Gasteiger charge is 2.53. The van der Waals surface area contributed by atoms with Crippen molar-refractivity contribution in [1.82, 2.24) is 9.80 Å². The fourth-order valence-corrected chi connectivity index (χ4v) is 6.12. The molecule has 2 saturated heterocycles. The van der Waals surface area contributed by atoms with Gasteiger partial charge in [-0.15, -0.1) is 11.8 Å². The van der Waals surface area contributed by atoms with Crippen molar-refractivity contribution in [3.63, 3.8) is 0 Å². The maximum Gasteiger partial charge on any atom is 0.511 e. The maximum absolute atomic E-state index is 13.2. The maximum atomic E-state index is 13.2. The topological polar surface area (TPSA) is 121 Å². The number of ether oxygens (including phenoxy) is 5. The summed E-state index contributed by atoms with van der Waals surface area (Å²) in [6.07, 6.45) is 0.803. The van der Waals surface area contributed by atoms with Gasteiger partial charge in [0.05, 0.1) is 25.3 Å². The number of fused-ring (bicyclic) bond motifs is 1. The van der Waals surface area contributed by atoms with Crippen LogP contribution in [0, 0.1) is 5.92 Å². The quantitative estimate of drug-likeness (QED) is 0.0835. The Kier molecular flexibility index (Phi) is 10.6. The third-order valence-electron chi connectivity index (χ3n) is 6.26. The van der Waals surface area contributed by atoms with Gasteiger partial charge in [0.1, 0.15) is 25.6 Å². The van der Waals surface area contributed by atoms with Crippen molar-refractivity contribution in [2.45, 2.75) is 50.3 Å². The van der Waals surface area contributed by atoms with Crippen LogP contribution in [0.3, 0.4) is 0 Å². The van der Waals surface area contributed by atoms with E-state index in [1.54, 1.807) is 0 Å². The SMILES string of the molecule is C=CCOC(=O)O[C@H](C)OC(=O)C1=C(S[C@H]2C[C@@H](COCCF)N(C(=O)OCC=C)C2)C(C)C2CC(=O)N12. The normalized spacial score (nSPS) is 24.9. The number of esters is 1. The first-order valence-corrected chi connectivity index (χ1v) is 13.2. The average Bonchev–Trinajstić information content (AvgIpc) is 3.37. The van der Waals surface area contributed by atoms with Gasteiger partial charge in [-0.05, 0) is 6.42 Å². The molecule has 3 aliphatic heterocycles. The monoisotopic (exact) mass is 556 g/mol. The third-order valence-corrected chi connectivity index (χ3v) is 7.75. The van der Waals surface area contributed by atoms with Crippen molar-refractivity contribution in [2.75, 3.05) is 39.6 Å². The van der Waals surface area contributed by atoms with E-state index in [4.69, 9.17) is 23.7 Å². The zero-order valence-corrected chi connectivity index (χ0v) is 22.3. The molecule has 0 spiro atoms. The Morgan fingerprint density at radius 3 is 2.55 bits per heavy atom. The lowest BCUT2D eigenvalue weighted by Crippen LogP contribution is -2.52. The van der Waals surface area contributed by atoms with Crippen LogP contribution in [0.15, 0.2) is 35.9 Å². The zero-order valence-electron chi connectivity index (χ0n) is 21.5. The predicted octanol–water partition coefficient (Wildman–Crippen LogP) is 3.16. The van der Waals surface area contributed by atoms with E-state index in [1.807, 2.05) is 6.92 Å². The van der Waals surface area contributed by atoms with Gasteiger partial charge in [-0.3, -0.25) is 4.79 Å². The molecule has 0 aliphatic carbocycles. The van der Waals surface area contributed by atoms with Gasteiger partial charge in [0.25, 0.3) is 0 Å². The molecule has 0 bridgehead atoms. The Hall–Kier alpha value is -3.06. The van der Waals surface area contributed by atoms with E-state index in [0.29, 0.717) is 24.3 Å². The Morgan fingerprint density at radius 1 is 1.18 bits per heavy atom. The van der Waals surface area contributed by atoms with Crippen LogP contribution in [0.1, 0.15) is 26.7 Å². The minimum absolute atomic E-state index is 0.0452. The summed E-state index contributed by atoms with van der Waals surface area (Å²) in [5.41, 5.74) is 0.108. The summed E-state index contributed by atoms with van der Waals surface area (Å²) >= 11 is 1.39. The van der Waals surface area contributed by atoms with Crippen molar-refractivity contribution in [3.05, 3.63) is 35.9 Å². The number of alkyl halides is 1. The van der Waals surface area contributed by atoms with E-state index in [9.17, 15) is 23.6 Å². The van der Waals surface area contributed by atoms with Crippen molar-refractivity contribution in [1.29, 1.82) is 0 Å². The Bertz CT molecular complexity index is 974. The highest BCUT2D eigenvalue weighted by molar-refractivity contribution is 8.03. The van der Waals surface area contributed by atoms with Crippen LogP contribution in [0.4, 0.5) is 14.0 Å². The van der Waals surface area contributed by atoms with Crippen LogP contribution in [0.25, 0.3) is 0 Å². The molecule has 0 N–H and O–H groups in total. The molecule has 38 heavy (non-hydrogen) atoms. The largest absolute Gasteiger partial charge is 0.511 e. The molecule has 2 unspecified atom stereocenters. The first-order chi connectivity index (χ1) is 18.2. The molecule has 210 valence electrons. The smallest absolute Gasteiger partial charge is 0.445 e. The zero-order chi connectivity index (χ0) is 27.8. The molecule has 3 rings (SSSR count). The molecular formula is C25H33FN2O9S. The summed E-state index contributed by atoms with van der Waals surface area (Å²) in [6.45, 7) is 9.96. The van der Waals surface area contributed by atoms with Crippen LogP contribution in [-0.4, -0.2) is 97.2 Å². The van der Waals surface area contributed by atoms with Crippen LogP contribution in [0.2, 0.25) is 0 Å². The van der Waals surface area contributed by atoms with Gasteiger partial charge < -0.3 is 33.5 Å². The Balaban J connectivity index is 1.75. The summed E-state index contributed by atoms with van der Waals surface area (Å²) in [4.78, 5) is 53.5. The fourth-order valence-electron chi connectivity index (χ4n) is 4.54. The molecule has 5 atom stereocenters. The van der Waals surface area contributed by atoms with Gasteiger partial charge >= 0.3 is 18.2 Å². The van der Waals surface area contributed by atoms with Crippen LogP contribution < -0.4 is 0 Å². The lowest BCUT2D eigenvalue weighted by atomic mass is 9.94. The standard InChI is InChI=1S/C25H33FN2O9S/c1-5-8-34-24(31)27-13-18(11-17(27)14-33-10-7-26)38-22-15(3)19-12-20(29)28(19)21(22)23(30)36-16(4)37-25(32)35-9-6-2/h5-6,15-19H,1-2,7-14H2,3-4H3/t15?,16-,17+,18+,19?/m1/s1. The van der Waals surface area contributed by atoms with Gasteiger partial charge in [-0.25, -0.2) is 18.8 Å². The molecule has 0 saturated carbocycles. The number of carbonyl (C=O) groups excluding carboxylic acids is 4. The van der Waals surface area contributed by atoms with E-state index >= 15 is 0 Å². The number of nitrogens with zero attached hydrogens (tertiary/aromatic N) is 2. The molecule has 0 radical (unpaired) electrons. The Labute approximate surface area is 224 Å². The Morgan fingerprint density at radius 2 is 1.89 bits per heavy atom. The molecule has 3 aliphatic rings. The number of halogens is 1. The van der Waals surface area contributed by atoms with E-state index in [2.05, 4.69) is 13.2 Å². The second-order valence-corrected chi connectivity index (χ2v) is 10.2. The van der Waals surface area contributed by atoms with Gasteiger partial charge in [-0.2, -0.15) is 0 Å². The summed E-state index contributed by atoms with van der Waals surface area (Å²) in [7, 11) is 0. The van der Waals surface area contributed by atoms with E-state index in [0.717, 1.165) is 0 Å². The van der Waals surface area contributed by atoms with Gasteiger partial charge in [0.2, 0.25) is 12.2 Å². The van der Waals surface area contributed by atoms with Crippen LogP contribution in [-0.2, 0) is 33.3 Å². The average molecular weight is 557 g/mol. The predicted molar refractivity (Wildman–Crippen MR) is 134 cm³/mol. The third kappa shape index (κ3) is 6.87. The summed E-state index contributed by atoms with van der Waals surface area (Å²) in [5, 5.41) is -0.151. The number of hydrogen-bond donors (Lipinski definition) is 0. The number of hydrogen-bond acceptors (Lipinski definition) is 10.